The Hall–Kier alpha value is -0.420. The number of fused-ring (bicyclic) bond motifs is 2. The van der Waals surface area contributed by atoms with Gasteiger partial charge in [0.05, 0.1) is 5.75 Å². The van der Waals surface area contributed by atoms with E-state index in [1.54, 1.807) is 0 Å². The first kappa shape index (κ1) is 10.1. The number of Topliss-reactive ketones (excluding diaryl/α,β-unsaturated/α-hetero) is 1. The summed E-state index contributed by atoms with van der Waals surface area (Å²) in [5.41, 5.74) is -0.752. The maximum Gasteiger partial charge on any atom is 0.265 e. The number of carbonyl (C=O) groups is 1. The minimum atomic E-state index is -4.03. The van der Waals surface area contributed by atoms with E-state index in [1.807, 2.05) is 6.92 Å². The fraction of sp³-hybridized carbons (Fsp3) is 0.889. The lowest BCUT2D eigenvalue weighted by Gasteiger charge is -2.25. The van der Waals surface area contributed by atoms with Crippen molar-refractivity contribution in [3.05, 3.63) is 0 Å². The molecule has 2 fully saturated rings. The normalized spacial score (nSPS) is 42.0. The van der Waals surface area contributed by atoms with E-state index in [2.05, 4.69) is 0 Å². The third-order valence-corrected chi connectivity index (χ3v) is 4.67. The van der Waals surface area contributed by atoms with E-state index in [4.69, 9.17) is 4.55 Å². The second kappa shape index (κ2) is 2.79. The van der Waals surface area contributed by atoms with Crippen molar-refractivity contribution in [3.63, 3.8) is 0 Å². The van der Waals surface area contributed by atoms with Gasteiger partial charge >= 0.3 is 0 Å². The molecule has 2 saturated carbocycles. The summed E-state index contributed by atoms with van der Waals surface area (Å²) in [7, 11) is -4.03. The van der Waals surface area contributed by atoms with Crippen molar-refractivity contribution < 1.29 is 17.8 Å². The fourth-order valence-corrected chi connectivity index (χ4v) is 4.17. The van der Waals surface area contributed by atoms with Crippen LogP contribution in [0.15, 0.2) is 0 Å². The van der Waals surface area contributed by atoms with Crippen LogP contribution in [0.2, 0.25) is 0 Å². The molecular formula is C9H14O4S. The van der Waals surface area contributed by atoms with Crippen LogP contribution < -0.4 is 0 Å². The summed E-state index contributed by atoms with van der Waals surface area (Å²) in [5.74, 6) is -0.0271. The molecule has 3 unspecified atom stereocenters. The quantitative estimate of drug-likeness (QED) is 0.698. The molecule has 2 rings (SSSR count). The molecule has 0 aliphatic heterocycles. The van der Waals surface area contributed by atoms with Crippen LogP contribution in [0.25, 0.3) is 0 Å². The number of hydrogen-bond acceptors (Lipinski definition) is 3. The molecule has 2 bridgehead atoms. The number of hydrogen-bond donors (Lipinski definition) is 1. The SMILES string of the molecule is CC1C(=O)C2(CS(=O)(=O)O)CCC1C2. The zero-order valence-electron chi connectivity index (χ0n) is 8.06. The largest absolute Gasteiger partial charge is 0.299 e. The average molecular weight is 218 g/mol. The lowest BCUT2D eigenvalue weighted by molar-refractivity contribution is -0.129. The Morgan fingerprint density at radius 2 is 2.21 bits per heavy atom. The van der Waals surface area contributed by atoms with E-state index in [1.165, 1.54) is 0 Å². The second-order valence-electron chi connectivity index (χ2n) is 4.66. The molecule has 4 nitrogen and oxygen atoms in total. The molecule has 3 atom stereocenters. The van der Waals surface area contributed by atoms with Gasteiger partial charge in [0, 0.05) is 11.3 Å². The van der Waals surface area contributed by atoms with E-state index in [-0.39, 0.29) is 17.5 Å². The molecule has 0 aromatic rings. The van der Waals surface area contributed by atoms with Crippen molar-refractivity contribution >= 4 is 15.9 Å². The molecule has 5 heteroatoms. The van der Waals surface area contributed by atoms with Crippen molar-refractivity contribution in [1.82, 2.24) is 0 Å². The number of rotatable bonds is 2. The molecule has 0 saturated heterocycles. The highest BCUT2D eigenvalue weighted by Crippen LogP contribution is 2.54. The molecule has 2 aliphatic carbocycles. The molecule has 0 spiro atoms. The van der Waals surface area contributed by atoms with Gasteiger partial charge in [-0.2, -0.15) is 8.42 Å². The summed E-state index contributed by atoms with van der Waals surface area (Å²) >= 11 is 0. The van der Waals surface area contributed by atoms with Gasteiger partial charge in [-0.1, -0.05) is 6.92 Å². The Labute approximate surface area is 83.4 Å². The zero-order chi connectivity index (χ0) is 10.6. The molecule has 0 aromatic heterocycles. The van der Waals surface area contributed by atoms with Gasteiger partial charge in [0.15, 0.2) is 0 Å². The van der Waals surface area contributed by atoms with Crippen LogP contribution >= 0.6 is 0 Å². The van der Waals surface area contributed by atoms with Gasteiger partial charge in [-0.15, -0.1) is 0 Å². The molecule has 0 aromatic carbocycles. The number of carbonyl (C=O) groups excluding carboxylic acids is 1. The molecule has 0 radical (unpaired) electrons. The van der Waals surface area contributed by atoms with E-state index < -0.39 is 15.5 Å². The Morgan fingerprint density at radius 1 is 1.57 bits per heavy atom. The van der Waals surface area contributed by atoms with E-state index in [0.29, 0.717) is 18.8 Å². The first-order valence-electron chi connectivity index (χ1n) is 4.84. The van der Waals surface area contributed by atoms with Crippen molar-refractivity contribution in [2.45, 2.75) is 26.2 Å². The van der Waals surface area contributed by atoms with E-state index >= 15 is 0 Å². The molecule has 0 amide bonds. The van der Waals surface area contributed by atoms with Gasteiger partial charge in [-0.05, 0) is 25.2 Å². The Kier molecular flexibility index (Phi) is 2.02. The molecule has 80 valence electrons. The van der Waals surface area contributed by atoms with Crippen molar-refractivity contribution in [2.24, 2.45) is 17.3 Å². The van der Waals surface area contributed by atoms with Crippen LogP contribution in [-0.2, 0) is 14.9 Å². The monoisotopic (exact) mass is 218 g/mol. The van der Waals surface area contributed by atoms with Crippen LogP contribution in [0.3, 0.4) is 0 Å². The smallest absolute Gasteiger partial charge is 0.265 e. The maximum absolute atomic E-state index is 11.8. The summed E-state index contributed by atoms with van der Waals surface area (Å²) in [6, 6.07) is 0. The van der Waals surface area contributed by atoms with Gasteiger partial charge in [0.25, 0.3) is 10.1 Å². The summed E-state index contributed by atoms with van der Waals surface area (Å²) in [4.78, 5) is 11.8. The minimum Gasteiger partial charge on any atom is -0.299 e. The summed E-state index contributed by atoms with van der Waals surface area (Å²) in [6.07, 6.45) is 2.19. The second-order valence-corrected chi connectivity index (χ2v) is 6.11. The summed E-state index contributed by atoms with van der Waals surface area (Å²) in [5, 5.41) is 0. The highest BCUT2D eigenvalue weighted by molar-refractivity contribution is 7.85. The third kappa shape index (κ3) is 1.39. The summed E-state index contributed by atoms with van der Waals surface area (Å²) < 4.78 is 30.5. The van der Waals surface area contributed by atoms with Gasteiger partial charge in [0.1, 0.15) is 5.78 Å². The van der Waals surface area contributed by atoms with E-state index in [0.717, 1.165) is 6.42 Å². The average Bonchev–Trinajstić information content (AvgIpc) is 2.50. The van der Waals surface area contributed by atoms with Crippen molar-refractivity contribution in [3.8, 4) is 0 Å². The molecule has 1 N–H and O–H groups in total. The highest BCUT2D eigenvalue weighted by atomic mass is 32.2. The topological polar surface area (TPSA) is 71.4 Å². The lowest BCUT2D eigenvalue weighted by Crippen LogP contribution is -2.36. The van der Waals surface area contributed by atoms with Gasteiger partial charge < -0.3 is 0 Å². The van der Waals surface area contributed by atoms with Crippen LogP contribution in [0.1, 0.15) is 26.2 Å². The highest BCUT2D eigenvalue weighted by Gasteiger charge is 2.57. The fourth-order valence-electron chi connectivity index (χ4n) is 3.07. The minimum absolute atomic E-state index is 0.0227. The molecule has 14 heavy (non-hydrogen) atoms. The third-order valence-electron chi connectivity index (χ3n) is 3.75. The predicted molar refractivity (Wildman–Crippen MR) is 50.4 cm³/mol. The van der Waals surface area contributed by atoms with Gasteiger partial charge in [-0.3, -0.25) is 9.35 Å². The van der Waals surface area contributed by atoms with E-state index in [9.17, 15) is 13.2 Å². The molecule has 0 heterocycles. The van der Waals surface area contributed by atoms with Crippen molar-refractivity contribution in [1.29, 1.82) is 0 Å². The number of ketones is 1. The Morgan fingerprint density at radius 3 is 2.64 bits per heavy atom. The first-order valence-corrected chi connectivity index (χ1v) is 6.44. The Bertz CT molecular complexity index is 372. The van der Waals surface area contributed by atoms with Crippen LogP contribution in [0.5, 0.6) is 0 Å². The van der Waals surface area contributed by atoms with Crippen LogP contribution in [0.4, 0.5) is 0 Å². The lowest BCUT2D eigenvalue weighted by atomic mass is 9.81. The first-order chi connectivity index (χ1) is 6.34. The van der Waals surface area contributed by atoms with Gasteiger partial charge in [0.2, 0.25) is 0 Å². The standard InChI is InChI=1S/C9H14O4S/c1-6-7-2-3-9(4-7,8(6)10)5-14(11,12)13/h6-7H,2-5H2,1H3,(H,11,12,13). The maximum atomic E-state index is 11.8. The predicted octanol–water partition coefficient (Wildman–Crippen LogP) is 0.879. The molecule has 2 aliphatic rings. The summed E-state index contributed by atoms with van der Waals surface area (Å²) in [6.45, 7) is 1.86. The zero-order valence-corrected chi connectivity index (χ0v) is 8.88. The molecular weight excluding hydrogens is 204 g/mol. The van der Waals surface area contributed by atoms with Gasteiger partial charge in [-0.25, -0.2) is 0 Å². The van der Waals surface area contributed by atoms with Crippen LogP contribution in [0, 0.1) is 17.3 Å². The Balaban J connectivity index is 2.29. The van der Waals surface area contributed by atoms with Crippen LogP contribution in [-0.4, -0.2) is 24.5 Å². The van der Waals surface area contributed by atoms with Crippen molar-refractivity contribution in [2.75, 3.05) is 5.75 Å².